The van der Waals surface area contributed by atoms with Crippen LogP contribution in [0.2, 0.25) is 0 Å². The van der Waals surface area contributed by atoms with E-state index in [4.69, 9.17) is 5.11 Å². The van der Waals surface area contributed by atoms with Crippen molar-refractivity contribution in [1.82, 2.24) is 9.97 Å². The fraction of sp³-hybridized carbons (Fsp3) is 0.0952. The van der Waals surface area contributed by atoms with Crippen molar-refractivity contribution >= 4 is 23.8 Å². The predicted octanol–water partition coefficient (Wildman–Crippen LogP) is 3.75. The molecule has 0 aliphatic carbocycles. The number of thioether (sulfide) groups is 1. The monoisotopic (exact) mass is 378 g/mol. The van der Waals surface area contributed by atoms with Crippen molar-refractivity contribution in [2.24, 2.45) is 0 Å². The molecule has 1 heterocycles. The normalized spacial score (nSPS) is 11.0. The maximum absolute atomic E-state index is 11.9. The Morgan fingerprint density at radius 3 is 2.52 bits per heavy atom. The molecule has 1 aromatic heterocycles. The second-order valence-electron chi connectivity index (χ2n) is 5.91. The molecule has 0 unspecified atom stereocenters. The van der Waals surface area contributed by atoms with Crippen LogP contribution < -0.4 is 5.56 Å². The first kappa shape index (κ1) is 18.7. The molecular formula is C21H18N2O3S. The number of aromatic nitrogens is 2. The molecule has 0 radical (unpaired) electrons. The fourth-order valence-corrected chi connectivity index (χ4v) is 3.34. The molecule has 0 saturated carbocycles. The zero-order chi connectivity index (χ0) is 19.1. The third-order valence-electron chi connectivity index (χ3n) is 3.77. The molecule has 136 valence electrons. The van der Waals surface area contributed by atoms with E-state index in [2.05, 4.69) is 9.97 Å². The summed E-state index contributed by atoms with van der Waals surface area (Å²) in [5, 5.41) is 9.24. The Kier molecular flexibility index (Phi) is 6.22. The second kappa shape index (κ2) is 9.00. The van der Waals surface area contributed by atoms with Crippen LogP contribution in [0, 0.1) is 0 Å². The number of H-pyrrole nitrogens is 1. The standard InChI is InChI=1S/C21H18N2O3S/c24-19-13-18(12-16-4-2-1-3-5-16)22-21(23-19)27-14-17-8-6-15(7-9-17)10-11-20(25)26/h1-11,13H,12,14H2,(H,25,26)(H,22,23,24). The number of nitrogens with zero attached hydrogens (tertiary/aromatic N) is 1. The molecule has 0 bridgehead atoms. The first-order valence-corrected chi connectivity index (χ1v) is 9.34. The molecule has 2 aromatic carbocycles. The second-order valence-corrected chi connectivity index (χ2v) is 6.87. The molecule has 3 rings (SSSR count). The highest BCUT2D eigenvalue weighted by Gasteiger charge is 2.04. The Bertz CT molecular complexity index is 996. The molecule has 0 spiro atoms. The number of carboxylic acids is 1. The molecule has 0 aliphatic rings. The van der Waals surface area contributed by atoms with Crippen molar-refractivity contribution in [2.45, 2.75) is 17.3 Å². The summed E-state index contributed by atoms with van der Waals surface area (Å²) < 4.78 is 0. The van der Waals surface area contributed by atoms with Gasteiger partial charge in [0.25, 0.3) is 5.56 Å². The number of aromatic amines is 1. The summed E-state index contributed by atoms with van der Waals surface area (Å²) >= 11 is 1.46. The quantitative estimate of drug-likeness (QED) is 0.372. The Balaban J connectivity index is 1.65. The van der Waals surface area contributed by atoms with Crippen LogP contribution in [-0.2, 0) is 17.0 Å². The number of benzene rings is 2. The third-order valence-corrected chi connectivity index (χ3v) is 4.72. The van der Waals surface area contributed by atoms with Crippen molar-refractivity contribution in [3.05, 3.63) is 99.5 Å². The van der Waals surface area contributed by atoms with Gasteiger partial charge in [-0.2, -0.15) is 0 Å². The van der Waals surface area contributed by atoms with Crippen LogP contribution in [0.3, 0.4) is 0 Å². The van der Waals surface area contributed by atoms with Gasteiger partial charge in [-0.3, -0.25) is 4.79 Å². The number of carboxylic acid groups (broad SMARTS) is 1. The van der Waals surface area contributed by atoms with Crippen LogP contribution >= 0.6 is 11.8 Å². The third kappa shape index (κ3) is 5.97. The van der Waals surface area contributed by atoms with Gasteiger partial charge >= 0.3 is 5.97 Å². The molecule has 0 saturated heterocycles. The van der Waals surface area contributed by atoms with Gasteiger partial charge in [-0.1, -0.05) is 66.4 Å². The topological polar surface area (TPSA) is 83.0 Å². The van der Waals surface area contributed by atoms with Gasteiger partial charge in [-0.05, 0) is 22.8 Å². The molecule has 0 aliphatic heterocycles. The maximum atomic E-state index is 11.9. The van der Waals surface area contributed by atoms with E-state index in [9.17, 15) is 9.59 Å². The van der Waals surface area contributed by atoms with Crippen LogP contribution in [0.1, 0.15) is 22.4 Å². The summed E-state index contributed by atoms with van der Waals surface area (Å²) in [4.78, 5) is 29.8. The van der Waals surface area contributed by atoms with Gasteiger partial charge in [0, 0.05) is 24.3 Å². The predicted molar refractivity (Wildman–Crippen MR) is 107 cm³/mol. The van der Waals surface area contributed by atoms with Crippen molar-refractivity contribution in [2.75, 3.05) is 0 Å². The number of aliphatic carboxylic acids is 1. The largest absolute Gasteiger partial charge is 0.478 e. The molecular weight excluding hydrogens is 360 g/mol. The highest BCUT2D eigenvalue weighted by atomic mass is 32.2. The minimum absolute atomic E-state index is 0.160. The lowest BCUT2D eigenvalue weighted by molar-refractivity contribution is -0.131. The maximum Gasteiger partial charge on any atom is 0.328 e. The van der Waals surface area contributed by atoms with Crippen LogP contribution in [0.4, 0.5) is 0 Å². The molecule has 2 N–H and O–H groups in total. The van der Waals surface area contributed by atoms with E-state index in [1.165, 1.54) is 17.8 Å². The zero-order valence-electron chi connectivity index (χ0n) is 14.5. The van der Waals surface area contributed by atoms with Crippen LogP contribution in [0.15, 0.2) is 76.7 Å². The summed E-state index contributed by atoms with van der Waals surface area (Å²) in [6.07, 6.45) is 3.27. The smallest absolute Gasteiger partial charge is 0.328 e. The van der Waals surface area contributed by atoms with E-state index in [1.807, 2.05) is 54.6 Å². The minimum Gasteiger partial charge on any atom is -0.478 e. The van der Waals surface area contributed by atoms with Gasteiger partial charge in [0.15, 0.2) is 5.16 Å². The molecule has 3 aromatic rings. The van der Waals surface area contributed by atoms with Gasteiger partial charge in [0.05, 0.1) is 5.69 Å². The summed E-state index contributed by atoms with van der Waals surface area (Å²) in [5.41, 5.74) is 3.57. The molecule has 0 amide bonds. The highest BCUT2D eigenvalue weighted by molar-refractivity contribution is 7.98. The van der Waals surface area contributed by atoms with Gasteiger partial charge in [0.1, 0.15) is 0 Å². The van der Waals surface area contributed by atoms with Crippen molar-refractivity contribution in [3.8, 4) is 0 Å². The van der Waals surface area contributed by atoms with Crippen molar-refractivity contribution in [3.63, 3.8) is 0 Å². The molecule has 6 heteroatoms. The molecule has 0 atom stereocenters. The fourth-order valence-electron chi connectivity index (χ4n) is 2.49. The molecule has 0 fully saturated rings. The number of hydrogen-bond donors (Lipinski definition) is 2. The summed E-state index contributed by atoms with van der Waals surface area (Å²) in [7, 11) is 0. The zero-order valence-corrected chi connectivity index (χ0v) is 15.3. The number of rotatable bonds is 7. The summed E-state index contributed by atoms with van der Waals surface area (Å²) in [5.74, 6) is -0.319. The lowest BCUT2D eigenvalue weighted by Gasteiger charge is -2.05. The van der Waals surface area contributed by atoms with Crippen molar-refractivity contribution in [1.29, 1.82) is 0 Å². The Labute approximate surface area is 160 Å². The molecule has 5 nitrogen and oxygen atoms in total. The first-order chi connectivity index (χ1) is 13.1. The summed E-state index contributed by atoms with van der Waals surface area (Å²) in [6, 6.07) is 19.0. The van der Waals surface area contributed by atoms with Gasteiger partial charge in [0.2, 0.25) is 0 Å². The van der Waals surface area contributed by atoms with E-state index >= 15 is 0 Å². The number of carbonyl (C=O) groups is 1. The lowest BCUT2D eigenvalue weighted by Crippen LogP contribution is -2.10. The van der Waals surface area contributed by atoms with Crippen LogP contribution in [0.5, 0.6) is 0 Å². The minimum atomic E-state index is -0.972. The Hall–Kier alpha value is -3.12. The van der Waals surface area contributed by atoms with Gasteiger partial charge < -0.3 is 10.1 Å². The van der Waals surface area contributed by atoms with Crippen LogP contribution in [0.25, 0.3) is 6.08 Å². The van der Waals surface area contributed by atoms with E-state index in [1.54, 1.807) is 6.08 Å². The van der Waals surface area contributed by atoms with Crippen LogP contribution in [-0.4, -0.2) is 21.0 Å². The Morgan fingerprint density at radius 1 is 1.07 bits per heavy atom. The van der Waals surface area contributed by atoms with E-state index in [0.717, 1.165) is 28.5 Å². The van der Waals surface area contributed by atoms with Crippen molar-refractivity contribution < 1.29 is 9.90 Å². The van der Waals surface area contributed by atoms with Gasteiger partial charge in [-0.15, -0.1) is 0 Å². The lowest BCUT2D eigenvalue weighted by atomic mass is 10.1. The average Bonchev–Trinajstić information content (AvgIpc) is 2.66. The first-order valence-electron chi connectivity index (χ1n) is 8.35. The Morgan fingerprint density at radius 2 is 1.81 bits per heavy atom. The molecule has 27 heavy (non-hydrogen) atoms. The van der Waals surface area contributed by atoms with E-state index in [-0.39, 0.29) is 5.56 Å². The highest BCUT2D eigenvalue weighted by Crippen LogP contribution is 2.19. The SMILES string of the molecule is O=C(O)C=Cc1ccc(CSc2nc(Cc3ccccc3)cc(=O)[nH]2)cc1. The average molecular weight is 378 g/mol. The van der Waals surface area contributed by atoms with E-state index in [0.29, 0.717) is 17.3 Å². The summed E-state index contributed by atoms with van der Waals surface area (Å²) in [6.45, 7) is 0. The number of nitrogens with one attached hydrogen (secondary N) is 1. The van der Waals surface area contributed by atoms with Gasteiger partial charge in [-0.25, -0.2) is 9.78 Å². The number of hydrogen-bond acceptors (Lipinski definition) is 4. The van der Waals surface area contributed by atoms with E-state index < -0.39 is 5.97 Å².